The normalized spacial score (nSPS) is 25.7. The lowest BCUT2D eigenvalue weighted by atomic mass is 9.95. The number of rotatable bonds is 3. The van der Waals surface area contributed by atoms with Crippen LogP contribution in [0.3, 0.4) is 0 Å². The number of hydrogen-bond donors (Lipinski definition) is 0. The zero-order valence-electron chi connectivity index (χ0n) is 15.9. The molecule has 3 fully saturated rings. The van der Waals surface area contributed by atoms with Gasteiger partial charge in [-0.2, -0.15) is 0 Å². The lowest BCUT2D eigenvalue weighted by molar-refractivity contribution is -0.137. The molecule has 3 saturated heterocycles. The van der Waals surface area contributed by atoms with Crippen molar-refractivity contribution >= 4 is 11.9 Å². The second kappa shape index (κ2) is 7.91. The molecule has 0 bridgehead atoms. The van der Waals surface area contributed by atoms with Crippen LogP contribution in [0.4, 0.5) is 5.95 Å². The molecule has 1 atom stereocenters. The monoisotopic (exact) mass is 357 g/mol. The van der Waals surface area contributed by atoms with E-state index < -0.39 is 0 Å². The quantitative estimate of drug-likeness (QED) is 0.829. The van der Waals surface area contributed by atoms with Crippen molar-refractivity contribution in [2.45, 2.75) is 51.5 Å². The van der Waals surface area contributed by atoms with Gasteiger partial charge in [0.2, 0.25) is 11.9 Å². The highest BCUT2D eigenvalue weighted by atomic mass is 16.2. The van der Waals surface area contributed by atoms with Gasteiger partial charge >= 0.3 is 0 Å². The summed E-state index contributed by atoms with van der Waals surface area (Å²) in [7, 11) is 0. The molecule has 3 aliphatic heterocycles. The Bertz CT molecular complexity index is 622. The van der Waals surface area contributed by atoms with Crippen molar-refractivity contribution in [3.05, 3.63) is 18.0 Å². The molecule has 1 aromatic heterocycles. The molecule has 4 heterocycles. The third kappa shape index (κ3) is 3.85. The first-order valence-electron chi connectivity index (χ1n) is 10.3. The predicted molar refractivity (Wildman–Crippen MR) is 102 cm³/mol. The van der Waals surface area contributed by atoms with Crippen LogP contribution in [0.2, 0.25) is 0 Å². The first-order chi connectivity index (χ1) is 12.7. The summed E-state index contributed by atoms with van der Waals surface area (Å²) in [6.45, 7) is 8.06. The van der Waals surface area contributed by atoms with Gasteiger partial charge in [-0.3, -0.25) is 4.79 Å². The number of aryl methyl sites for hydroxylation is 1. The van der Waals surface area contributed by atoms with E-state index in [0.29, 0.717) is 11.9 Å². The summed E-state index contributed by atoms with van der Waals surface area (Å²) in [5.74, 6) is 1.22. The van der Waals surface area contributed by atoms with Gasteiger partial charge in [0, 0.05) is 44.1 Å². The number of piperidine rings is 2. The van der Waals surface area contributed by atoms with Crippen LogP contribution in [0.25, 0.3) is 0 Å². The molecule has 0 aromatic carbocycles. The minimum absolute atomic E-state index is 0.0937. The standard InChI is InChI=1S/C20H31N5O/c1-16-6-9-21-20(22-16)25-12-4-5-17(15-25)19(26)24-13-7-18(8-14-24)23-10-2-3-11-23/h6,9,17-18H,2-5,7-8,10-15H2,1H3. The fourth-order valence-corrected chi connectivity index (χ4v) is 4.76. The van der Waals surface area contributed by atoms with Crippen LogP contribution in [0, 0.1) is 12.8 Å². The van der Waals surface area contributed by atoms with Gasteiger partial charge in [-0.05, 0) is 64.6 Å². The Morgan fingerprint density at radius 3 is 2.54 bits per heavy atom. The number of amides is 1. The maximum Gasteiger partial charge on any atom is 0.227 e. The Morgan fingerprint density at radius 2 is 1.81 bits per heavy atom. The lowest BCUT2D eigenvalue weighted by Gasteiger charge is -2.40. The molecule has 0 N–H and O–H groups in total. The zero-order chi connectivity index (χ0) is 17.9. The van der Waals surface area contributed by atoms with E-state index in [0.717, 1.165) is 63.5 Å². The van der Waals surface area contributed by atoms with Crippen LogP contribution in [-0.4, -0.2) is 71.0 Å². The summed E-state index contributed by atoms with van der Waals surface area (Å²) in [4.78, 5) is 29.0. The smallest absolute Gasteiger partial charge is 0.227 e. The topological polar surface area (TPSA) is 52.6 Å². The number of anilines is 1. The molecule has 0 saturated carbocycles. The van der Waals surface area contributed by atoms with Gasteiger partial charge in [0.25, 0.3) is 0 Å². The van der Waals surface area contributed by atoms with Crippen LogP contribution < -0.4 is 4.90 Å². The minimum atomic E-state index is 0.0937. The van der Waals surface area contributed by atoms with Crippen molar-refractivity contribution in [2.24, 2.45) is 5.92 Å². The highest BCUT2D eigenvalue weighted by Gasteiger charge is 2.33. The van der Waals surface area contributed by atoms with Crippen LogP contribution in [-0.2, 0) is 4.79 Å². The fraction of sp³-hybridized carbons (Fsp3) is 0.750. The van der Waals surface area contributed by atoms with Crippen molar-refractivity contribution in [1.82, 2.24) is 19.8 Å². The Hall–Kier alpha value is -1.69. The van der Waals surface area contributed by atoms with Gasteiger partial charge in [0.15, 0.2) is 0 Å². The predicted octanol–water partition coefficient (Wildman–Crippen LogP) is 2.09. The van der Waals surface area contributed by atoms with E-state index >= 15 is 0 Å². The molecule has 6 heteroatoms. The maximum atomic E-state index is 13.1. The maximum absolute atomic E-state index is 13.1. The largest absolute Gasteiger partial charge is 0.342 e. The number of carbonyl (C=O) groups excluding carboxylic acids is 1. The van der Waals surface area contributed by atoms with Gasteiger partial charge in [-0.25, -0.2) is 9.97 Å². The Morgan fingerprint density at radius 1 is 1.04 bits per heavy atom. The first kappa shape index (κ1) is 17.7. The van der Waals surface area contributed by atoms with Crippen LogP contribution in [0.5, 0.6) is 0 Å². The van der Waals surface area contributed by atoms with E-state index in [9.17, 15) is 4.79 Å². The molecular weight excluding hydrogens is 326 g/mol. The molecule has 1 unspecified atom stereocenters. The lowest BCUT2D eigenvalue weighted by Crippen LogP contribution is -2.50. The van der Waals surface area contributed by atoms with E-state index in [1.165, 1.54) is 25.9 Å². The number of likely N-dealkylation sites (tertiary alicyclic amines) is 2. The van der Waals surface area contributed by atoms with Gasteiger partial charge in [0.1, 0.15) is 0 Å². The van der Waals surface area contributed by atoms with Crippen molar-refractivity contribution in [1.29, 1.82) is 0 Å². The molecule has 26 heavy (non-hydrogen) atoms. The van der Waals surface area contributed by atoms with E-state index in [-0.39, 0.29) is 5.92 Å². The molecule has 1 amide bonds. The highest BCUT2D eigenvalue weighted by molar-refractivity contribution is 5.79. The summed E-state index contributed by atoms with van der Waals surface area (Å²) >= 11 is 0. The van der Waals surface area contributed by atoms with Crippen molar-refractivity contribution < 1.29 is 4.79 Å². The van der Waals surface area contributed by atoms with Crippen molar-refractivity contribution in [3.63, 3.8) is 0 Å². The second-order valence-electron chi connectivity index (χ2n) is 8.08. The summed E-state index contributed by atoms with van der Waals surface area (Å²) in [6, 6.07) is 2.62. The molecule has 142 valence electrons. The van der Waals surface area contributed by atoms with E-state index in [1.54, 1.807) is 0 Å². The number of nitrogens with zero attached hydrogens (tertiary/aromatic N) is 5. The summed E-state index contributed by atoms with van der Waals surface area (Å²) in [5.41, 5.74) is 0.979. The molecular formula is C20H31N5O. The number of hydrogen-bond acceptors (Lipinski definition) is 5. The Labute approximate surface area is 156 Å². The van der Waals surface area contributed by atoms with Crippen LogP contribution in [0.15, 0.2) is 12.3 Å². The molecule has 0 radical (unpaired) electrons. The Kier molecular flexibility index (Phi) is 5.38. The van der Waals surface area contributed by atoms with Gasteiger partial charge in [-0.1, -0.05) is 0 Å². The van der Waals surface area contributed by atoms with E-state index in [1.807, 2.05) is 19.2 Å². The Balaban J connectivity index is 1.33. The van der Waals surface area contributed by atoms with Gasteiger partial charge < -0.3 is 14.7 Å². The first-order valence-corrected chi connectivity index (χ1v) is 10.3. The zero-order valence-corrected chi connectivity index (χ0v) is 15.9. The van der Waals surface area contributed by atoms with Crippen molar-refractivity contribution in [3.8, 4) is 0 Å². The van der Waals surface area contributed by atoms with Crippen LogP contribution >= 0.6 is 0 Å². The average molecular weight is 358 g/mol. The van der Waals surface area contributed by atoms with Crippen molar-refractivity contribution in [2.75, 3.05) is 44.2 Å². The summed E-state index contributed by atoms with van der Waals surface area (Å²) in [6.07, 6.45) is 8.82. The molecule has 4 rings (SSSR count). The SMILES string of the molecule is Cc1ccnc(N2CCCC(C(=O)N3CCC(N4CCCC4)CC3)C2)n1. The molecule has 1 aromatic rings. The summed E-state index contributed by atoms with van der Waals surface area (Å²) < 4.78 is 0. The number of aromatic nitrogens is 2. The fourth-order valence-electron chi connectivity index (χ4n) is 4.76. The molecule has 0 aliphatic carbocycles. The van der Waals surface area contributed by atoms with E-state index in [2.05, 4.69) is 24.7 Å². The van der Waals surface area contributed by atoms with Crippen LogP contribution in [0.1, 0.15) is 44.2 Å². The highest BCUT2D eigenvalue weighted by Crippen LogP contribution is 2.26. The number of carbonyl (C=O) groups is 1. The third-order valence-corrected chi connectivity index (χ3v) is 6.27. The van der Waals surface area contributed by atoms with Gasteiger partial charge in [-0.15, -0.1) is 0 Å². The molecule has 0 spiro atoms. The molecule has 6 nitrogen and oxygen atoms in total. The summed E-state index contributed by atoms with van der Waals surface area (Å²) in [5, 5.41) is 0. The second-order valence-corrected chi connectivity index (χ2v) is 8.08. The average Bonchev–Trinajstić information content (AvgIpc) is 3.22. The molecule has 3 aliphatic rings. The minimum Gasteiger partial charge on any atom is -0.342 e. The van der Waals surface area contributed by atoms with Gasteiger partial charge in [0.05, 0.1) is 5.92 Å². The van der Waals surface area contributed by atoms with E-state index in [4.69, 9.17) is 0 Å². The third-order valence-electron chi connectivity index (χ3n) is 6.27.